The first-order chi connectivity index (χ1) is 13.3. The van der Waals surface area contributed by atoms with Crippen molar-refractivity contribution in [2.45, 2.75) is 39.0 Å². The van der Waals surface area contributed by atoms with Crippen LogP contribution in [0.3, 0.4) is 0 Å². The molecule has 0 aliphatic carbocycles. The van der Waals surface area contributed by atoms with Gasteiger partial charge in [0.15, 0.2) is 0 Å². The number of aromatic nitrogens is 1. The first kappa shape index (κ1) is 20.3. The number of benzene rings is 1. The van der Waals surface area contributed by atoms with E-state index in [0.717, 1.165) is 17.3 Å². The number of hydrogen-bond donors (Lipinski definition) is 0. The number of rotatable bonds is 4. The Morgan fingerprint density at radius 1 is 1.25 bits per heavy atom. The van der Waals surface area contributed by atoms with Gasteiger partial charge in [0.1, 0.15) is 6.10 Å². The van der Waals surface area contributed by atoms with Crippen molar-refractivity contribution in [3.05, 3.63) is 64.5 Å². The number of pyridine rings is 1. The standard InChI is InChI=1S/C21H23F3N2O2/c1-3-20(27)26-7-8-28-19(13-26)18-12-16(9-14(2)25-18)10-15-5-4-6-17(11-15)21(22,23)24/h4-6,9,11-12,19H,3,7-8,10,13H2,1-2H3. The van der Waals surface area contributed by atoms with Crippen LogP contribution in [-0.2, 0) is 22.1 Å². The molecule has 1 aliphatic heterocycles. The molecule has 7 heteroatoms. The summed E-state index contributed by atoms with van der Waals surface area (Å²) in [5.41, 5.74) is 2.26. The lowest BCUT2D eigenvalue weighted by molar-refractivity contribution is -0.139. The second-order valence-corrected chi connectivity index (χ2v) is 6.97. The average Bonchev–Trinajstić information content (AvgIpc) is 2.66. The average molecular weight is 392 g/mol. The van der Waals surface area contributed by atoms with Crippen molar-refractivity contribution >= 4 is 5.91 Å². The molecule has 2 heterocycles. The summed E-state index contributed by atoms with van der Waals surface area (Å²) in [4.78, 5) is 18.3. The van der Waals surface area contributed by atoms with E-state index in [1.165, 1.54) is 12.1 Å². The molecule has 0 spiro atoms. The zero-order valence-electron chi connectivity index (χ0n) is 15.9. The van der Waals surface area contributed by atoms with Gasteiger partial charge < -0.3 is 9.64 Å². The molecular weight excluding hydrogens is 369 g/mol. The molecular formula is C21H23F3N2O2. The van der Waals surface area contributed by atoms with Crippen molar-refractivity contribution in [2.75, 3.05) is 19.7 Å². The minimum absolute atomic E-state index is 0.0742. The molecule has 1 saturated heterocycles. The Bertz CT molecular complexity index is 852. The van der Waals surface area contributed by atoms with E-state index in [1.54, 1.807) is 11.0 Å². The van der Waals surface area contributed by atoms with Crippen molar-refractivity contribution in [1.29, 1.82) is 0 Å². The Morgan fingerprint density at radius 2 is 2.04 bits per heavy atom. The fourth-order valence-corrected chi connectivity index (χ4v) is 3.41. The van der Waals surface area contributed by atoms with Crippen LogP contribution in [0.15, 0.2) is 36.4 Å². The normalized spacial score (nSPS) is 17.6. The molecule has 0 saturated carbocycles. The smallest absolute Gasteiger partial charge is 0.368 e. The van der Waals surface area contributed by atoms with Gasteiger partial charge in [0.2, 0.25) is 5.91 Å². The summed E-state index contributed by atoms with van der Waals surface area (Å²) >= 11 is 0. The maximum Gasteiger partial charge on any atom is 0.416 e. The Labute approximate surface area is 162 Å². The zero-order chi connectivity index (χ0) is 20.3. The van der Waals surface area contributed by atoms with Gasteiger partial charge in [0.05, 0.1) is 24.4 Å². The Kier molecular flexibility index (Phi) is 6.03. The molecule has 1 aliphatic rings. The van der Waals surface area contributed by atoms with Gasteiger partial charge in [-0.1, -0.05) is 25.1 Å². The van der Waals surface area contributed by atoms with Crippen molar-refractivity contribution < 1.29 is 22.7 Å². The molecule has 1 amide bonds. The summed E-state index contributed by atoms with van der Waals surface area (Å²) in [6.45, 7) is 5.11. The van der Waals surface area contributed by atoms with E-state index in [-0.39, 0.29) is 12.0 Å². The third-order valence-corrected chi connectivity index (χ3v) is 4.75. The molecule has 0 radical (unpaired) electrons. The summed E-state index contributed by atoms with van der Waals surface area (Å²) in [5, 5.41) is 0. The minimum atomic E-state index is -4.36. The van der Waals surface area contributed by atoms with Crippen molar-refractivity contribution in [1.82, 2.24) is 9.88 Å². The van der Waals surface area contributed by atoms with Crippen molar-refractivity contribution in [3.8, 4) is 0 Å². The van der Waals surface area contributed by atoms with E-state index < -0.39 is 11.7 Å². The highest BCUT2D eigenvalue weighted by Crippen LogP contribution is 2.30. The summed E-state index contributed by atoms with van der Waals surface area (Å²) in [5.74, 6) is 0.0742. The van der Waals surface area contributed by atoms with Gasteiger partial charge in [0.25, 0.3) is 0 Å². The largest absolute Gasteiger partial charge is 0.416 e. The molecule has 1 fully saturated rings. The van der Waals surface area contributed by atoms with Crippen LogP contribution >= 0.6 is 0 Å². The number of carbonyl (C=O) groups excluding carboxylic acids is 1. The maximum atomic E-state index is 13.0. The fourth-order valence-electron chi connectivity index (χ4n) is 3.41. The summed E-state index contributed by atoms with van der Waals surface area (Å²) < 4.78 is 44.7. The van der Waals surface area contributed by atoms with E-state index in [2.05, 4.69) is 4.98 Å². The van der Waals surface area contributed by atoms with Gasteiger partial charge in [-0.3, -0.25) is 9.78 Å². The molecule has 4 nitrogen and oxygen atoms in total. The fraction of sp³-hybridized carbons (Fsp3) is 0.429. The van der Waals surface area contributed by atoms with Crippen LogP contribution in [0.25, 0.3) is 0 Å². The monoisotopic (exact) mass is 392 g/mol. The molecule has 0 bridgehead atoms. The first-order valence-electron chi connectivity index (χ1n) is 9.29. The lowest BCUT2D eigenvalue weighted by Gasteiger charge is -2.32. The number of amides is 1. The van der Waals surface area contributed by atoms with Gasteiger partial charge in [-0.2, -0.15) is 13.2 Å². The lowest BCUT2D eigenvalue weighted by atomic mass is 10.0. The molecule has 1 aromatic carbocycles. The van der Waals surface area contributed by atoms with Gasteiger partial charge in [-0.15, -0.1) is 0 Å². The maximum absolute atomic E-state index is 13.0. The van der Waals surface area contributed by atoms with Crippen LogP contribution in [0.1, 0.15) is 47.5 Å². The van der Waals surface area contributed by atoms with Crippen LogP contribution in [0, 0.1) is 6.92 Å². The predicted molar refractivity (Wildman–Crippen MR) is 98.8 cm³/mol. The quantitative estimate of drug-likeness (QED) is 0.779. The van der Waals surface area contributed by atoms with Gasteiger partial charge >= 0.3 is 6.18 Å². The van der Waals surface area contributed by atoms with E-state index in [4.69, 9.17) is 4.74 Å². The topological polar surface area (TPSA) is 42.4 Å². The van der Waals surface area contributed by atoms with E-state index in [9.17, 15) is 18.0 Å². The SMILES string of the molecule is CCC(=O)N1CCOC(c2cc(Cc3cccc(C(F)(F)F)c3)cc(C)n2)C1. The Hall–Kier alpha value is -2.41. The summed E-state index contributed by atoms with van der Waals surface area (Å²) in [7, 11) is 0. The molecule has 2 aromatic rings. The Morgan fingerprint density at radius 3 is 2.75 bits per heavy atom. The van der Waals surface area contributed by atoms with Crippen LogP contribution in [0.4, 0.5) is 13.2 Å². The number of carbonyl (C=O) groups is 1. The second kappa shape index (κ2) is 8.31. The molecule has 0 N–H and O–H groups in total. The number of alkyl halides is 3. The number of ether oxygens (including phenoxy) is 1. The molecule has 28 heavy (non-hydrogen) atoms. The molecule has 3 rings (SSSR count). The van der Waals surface area contributed by atoms with E-state index in [1.807, 2.05) is 26.0 Å². The number of hydrogen-bond acceptors (Lipinski definition) is 3. The van der Waals surface area contributed by atoms with Crippen LogP contribution in [-0.4, -0.2) is 35.5 Å². The third-order valence-electron chi connectivity index (χ3n) is 4.75. The molecule has 1 aromatic heterocycles. The van der Waals surface area contributed by atoms with Gasteiger partial charge in [-0.05, 0) is 42.7 Å². The first-order valence-corrected chi connectivity index (χ1v) is 9.29. The highest BCUT2D eigenvalue weighted by molar-refractivity contribution is 5.75. The Balaban J connectivity index is 1.81. The lowest BCUT2D eigenvalue weighted by Crippen LogP contribution is -2.42. The number of halogens is 3. The van der Waals surface area contributed by atoms with Gasteiger partial charge in [0, 0.05) is 18.7 Å². The van der Waals surface area contributed by atoms with E-state index in [0.29, 0.717) is 43.8 Å². The summed E-state index contributed by atoms with van der Waals surface area (Å²) in [6, 6.07) is 9.07. The number of nitrogens with zero attached hydrogens (tertiary/aromatic N) is 2. The predicted octanol–water partition coefficient (Wildman–Crippen LogP) is 4.31. The number of aryl methyl sites for hydroxylation is 1. The van der Waals surface area contributed by atoms with Gasteiger partial charge in [-0.25, -0.2) is 0 Å². The zero-order valence-corrected chi connectivity index (χ0v) is 15.9. The minimum Gasteiger partial charge on any atom is -0.368 e. The second-order valence-electron chi connectivity index (χ2n) is 6.97. The third kappa shape index (κ3) is 4.90. The van der Waals surface area contributed by atoms with Crippen molar-refractivity contribution in [3.63, 3.8) is 0 Å². The van der Waals surface area contributed by atoms with Crippen LogP contribution < -0.4 is 0 Å². The number of morpholine rings is 1. The highest BCUT2D eigenvalue weighted by atomic mass is 19.4. The van der Waals surface area contributed by atoms with Crippen LogP contribution in [0.5, 0.6) is 0 Å². The highest BCUT2D eigenvalue weighted by Gasteiger charge is 2.30. The summed E-state index contributed by atoms with van der Waals surface area (Å²) in [6.07, 6.45) is -3.88. The van der Waals surface area contributed by atoms with Crippen molar-refractivity contribution in [2.24, 2.45) is 0 Å². The molecule has 150 valence electrons. The van der Waals surface area contributed by atoms with E-state index >= 15 is 0 Å². The molecule has 1 atom stereocenters. The molecule has 1 unspecified atom stereocenters. The van der Waals surface area contributed by atoms with Crippen LogP contribution in [0.2, 0.25) is 0 Å².